The number of rotatable bonds is 4. The molecule has 8 heteroatoms. The first-order valence-corrected chi connectivity index (χ1v) is 7.10. The Morgan fingerprint density at radius 2 is 1.90 bits per heavy atom. The molecule has 0 spiro atoms. The molecule has 0 aliphatic rings. The number of aromatic nitrogens is 1. The van der Waals surface area contributed by atoms with Crippen LogP contribution < -0.4 is 40.0 Å². The molecule has 1 aromatic heterocycles. The third kappa shape index (κ3) is 7.61. The van der Waals surface area contributed by atoms with Gasteiger partial charge in [0.25, 0.3) is 0 Å². The Kier molecular flexibility index (Phi) is 18.5. The Bertz CT molecular complexity index is 447. The standard InChI is InChI=1S/C9H10N2O4S.2C2H6.Na/c1-10-8-6(11-4-16-8)7(13)5(3-12)9(14)15-2;2*1-2;/h3-4,10,13H,1-2H3;2*1-2H3;/q;;;+1/p-1/b7-5-;;;. The first-order valence-electron chi connectivity index (χ1n) is 6.22. The summed E-state index contributed by atoms with van der Waals surface area (Å²) in [5.41, 5.74) is 0.920. The number of hydrogen-bond donors (Lipinski definition) is 1. The van der Waals surface area contributed by atoms with Crippen LogP contribution in [-0.2, 0) is 14.3 Å². The summed E-state index contributed by atoms with van der Waals surface area (Å²) in [6.07, 6.45) is 0.174. The monoisotopic (exact) mass is 324 g/mol. The van der Waals surface area contributed by atoms with E-state index >= 15 is 0 Å². The van der Waals surface area contributed by atoms with E-state index < -0.39 is 17.3 Å². The van der Waals surface area contributed by atoms with E-state index in [-0.39, 0.29) is 41.5 Å². The van der Waals surface area contributed by atoms with Crippen LogP contribution in [0.4, 0.5) is 5.00 Å². The summed E-state index contributed by atoms with van der Waals surface area (Å²) in [6, 6.07) is 0. The number of nitrogens with one attached hydrogen (secondary N) is 1. The van der Waals surface area contributed by atoms with Crippen LogP contribution in [-0.4, -0.2) is 31.4 Å². The van der Waals surface area contributed by atoms with Gasteiger partial charge in [-0.1, -0.05) is 33.5 Å². The zero-order valence-electron chi connectivity index (χ0n) is 13.6. The van der Waals surface area contributed by atoms with Crippen molar-refractivity contribution in [2.45, 2.75) is 27.7 Å². The molecule has 21 heavy (non-hydrogen) atoms. The van der Waals surface area contributed by atoms with Crippen LogP contribution in [0.5, 0.6) is 0 Å². The first kappa shape index (κ1) is 25.1. The molecule has 0 aliphatic carbocycles. The number of carbonyl (C=O) groups is 2. The molecule has 0 fully saturated rings. The maximum absolute atomic E-state index is 11.8. The average molecular weight is 324 g/mol. The summed E-state index contributed by atoms with van der Waals surface area (Å²) in [5, 5.41) is 15.0. The summed E-state index contributed by atoms with van der Waals surface area (Å²) < 4.78 is 4.32. The SMILES string of the molecule is CC.CC.CNc1scnc1/C([O-])=C(\C=O)C(=O)OC.[Na+]. The van der Waals surface area contributed by atoms with Crippen molar-refractivity contribution >= 4 is 34.4 Å². The molecule has 0 saturated heterocycles. The van der Waals surface area contributed by atoms with Crippen molar-refractivity contribution in [3.8, 4) is 0 Å². The van der Waals surface area contributed by atoms with Crippen molar-refractivity contribution in [1.82, 2.24) is 4.98 Å². The molecular weight excluding hydrogens is 303 g/mol. The van der Waals surface area contributed by atoms with Crippen LogP contribution in [0.3, 0.4) is 0 Å². The van der Waals surface area contributed by atoms with Gasteiger partial charge in [0.05, 0.1) is 23.9 Å². The van der Waals surface area contributed by atoms with E-state index in [2.05, 4.69) is 15.0 Å². The van der Waals surface area contributed by atoms with Gasteiger partial charge >= 0.3 is 35.5 Å². The molecule has 0 saturated carbocycles. The van der Waals surface area contributed by atoms with Crippen molar-refractivity contribution in [1.29, 1.82) is 0 Å². The first-order chi connectivity index (χ1) is 9.65. The second-order valence-corrected chi connectivity index (χ2v) is 3.49. The fraction of sp³-hybridized carbons (Fsp3) is 0.462. The minimum Gasteiger partial charge on any atom is -0.870 e. The second-order valence-electron chi connectivity index (χ2n) is 2.63. The minimum atomic E-state index is -0.963. The van der Waals surface area contributed by atoms with Crippen molar-refractivity contribution in [2.75, 3.05) is 19.5 Å². The Hall–Kier alpha value is -0.890. The third-order valence-corrected chi connectivity index (χ3v) is 2.62. The van der Waals surface area contributed by atoms with Gasteiger partial charge in [0.15, 0.2) is 6.29 Å². The van der Waals surface area contributed by atoms with E-state index in [1.165, 1.54) is 16.8 Å². The zero-order valence-corrected chi connectivity index (χ0v) is 16.5. The largest absolute Gasteiger partial charge is 1.00 e. The van der Waals surface area contributed by atoms with Crippen LogP contribution in [0.2, 0.25) is 0 Å². The average Bonchev–Trinajstić information content (AvgIpc) is 3.00. The van der Waals surface area contributed by atoms with E-state index in [1.54, 1.807) is 7.05 Å². The molecule has 1 rings (SSSR count). The summed E-state index contributed by atoms with van der Waals surface area (Å²) in [7, 11) is 2.71. The van der Waals surface area contributed by atoms with Gasteiger partial charge in [0, 0.05) is 7.05 Å². The normalized spacial score (nSPS) is 9.43. The van der Waals surface area contributed by atoms with Gasteiger partial charge in [-0.15, -0.1) is 11.3 Å². The number of carbonyl (C=O) groups excluding carboxylic acids is 2. The molecule has 0 bridgehead atoms. The van der Waals surface area contributed by atoms with Gasteiger partial charge in [0.1, 0.15) is 5.00 Å². The molecule has 6 nitrogen and oxygen atoms in total. The smallest absolute Gasteiger partial charge is 0.870 e. The van der Waals surface area contributed by atoms with Crippen LogP contribution >= 0.6 is 11.3 Å². The predicted molar refractivity (Wildman–Crippen MR) is 79.4 cm³/mol. The van der Waals surface area contributed by atoms with Crippen molar-refractivity contribution in [3.05, 3.63) is 16.8 Å². The molecule has 1 aromatic rings. The number of ether oxygens (including phenoxy) is 1. The fourth-order valence-corrected chi connectivity index (χ4v) is 1.66. The van der Waals surface area contributed by atoms with Crippen LogP contribution in [0.25, 0.3) is 5.76 Å². The van der Waals surface area contributed by atoms with Crippen LogP contribution in [0.15, 0.2) is 11.1 Å². The van der Waals surface area contributed by atoms with Gasteiger partial charge in [-0.05, 0) is 0 Å². The second kappa shape index (κ2) is 15.5. The number of nitrogens with zero attached hydrogens (tertiary/aromatic N) is 1. The minimum absolute atomic E-state index is 0. The maximum Gasteiger partial charge on any atom is 1.00 e. The van der Waals surface area contributed by atoms with E-state index in [1.807, 2.05) is 27.7 Å². The van der Waals surface area contributed by atoms with Crippen LogP contribution in [0, 0.1) is 0 Å². The Morgan fingerprint density at radius 1 is 1.38 bits per heavy atom. The van der Waals surface area contributed by atoms with Crippen LogP contribution in [0.1, 0.15) is 33.4 Å². The number of hydrogen-bond acceptors (Lipinski definition) is 7. The Morgan fingerprint density at radius 3 is 2.29 bits per heavy atom. The molecule has 1 N–H and O–H groups in total. The number of esters is 1. The molecule has 0 atom stereocenters. The molecule has 1 heterocycles. The molecule has 0 radical (unpaired) electrons. The maximum atomic E-state index is 11.8. The summed E-state index contributed by atoms with van der Waals surface area (Å²) >= 11 is 1.20. The number of methoxy groups -OCH3 is 1. The number of thiazole rings is 1. The molecule has 0 aromatic carbocycles. The van der Waals surface area contributed by atoms with E-state index in [0.29, 0.717) is 5.00 Å². The molecule has 114 valence electrons. The van der Waals surface area contributed by atoms with Gasteiger partial charge < -0.3 is 15.2 Å². The van der Waals surface area contributed by atoms with Crippen molar-refractivity contribution < 1.29 is 49.0 Å². The van der Waals surface area contributed by atoms with Gasteiger partial charge in [0.2, 0.25) is 0 Å². The van der Waals surface area contributed by atoms with Gasteiger partial charge in [-0.25, -0.2) is 9.78 Å². The number of aldehydes is 1. The van der Waals surface area contributed by atoms with E-state index in [0.717, 1.165) is 7.11 Å². The van der Waals surface area contributed by atoms with E-state index in [9.17, 15) is 14.7 Å². The Balaban J connectivity index is -0.000000595. The quantitative estimate of drug-likeness (QED) is 0.141. The molecule has 0 unspecified atom stereocenters. The zero-order chi connectivity index (χ0) is 16.1. The topological polar surface area (TPSA) is 91.4 Å². The van der Waals surface area contributed by atoms with Crippen molar-refractivity contribution in [3.63, 3.8) is 0 Å². The Labute approximate surface area is 151 Å². The molecular formula is C13H21N2NaO4S. The van der Waals surface area contributed by atoms with Gasteiger partial charge in [-0.3, -0.25) is 4.79 Å². The number of anilines is 1. The third-order valence-electron chi connectivity index (χ3n) is 1.78. The van der Waals surface area contributed by atoms with Crippen molar-refractivity contribution in [2.24, 2.45) is 0 Å². The van der Waals surface area contributed by atoms with Gasteiger partial charge in [-0.2, -0.15) is 0 Å². The summed E-state index contributed by atoms with van der Waals surface area (Å²) in [6.45, 7) is 8.00. The molecule has 0 amide bonds. The molecule has 0 aliphatic heterocycles. The predicted octanol–water partition coefficient (Wildman–Crippen LogP) is -1.32. The summed E-state index contributed by atoms with van der Waals surface area (Å²) in [5.74, 6) is -1.71. The summed E-state index contributed by atoms with van der Waals surface area (Å²) in [4.78, 5) is 25.6. The van der Waals surface area contributed by atoms with E-state index in [4.69, 9.17) is 0 Å². The fourth-order valence-electron chi connectivity index (χ4n) is 1.02.